The van der Waals surface area contributed by atoms with Gasteiger partial charge < -0.3 is 5.21 Å². The zero-order chi connectivity index (χ0) is 8.55. The minimum absolute atomic E-state index is 0.570. The van der Waals surface area contributed by atoms with E-state index in [4.69, 9.17) is 5.21 Å². The fourth-order valence-corrected chi connectivity index (χ4v) is 1.74. The van der Waals surface area contributed by atoms with Crippen molar-refractivity contribution in [3.05, 3.63) is 23.5 Å². The topological polar surface area (TPSA) is 49.9 Å². The molecule has 0 amide bonds. The van der Waals surface area contributed by atoms with Crippen molar-refractivity contribution < 1.29 is 5.21 Å². The number of hydrogen-bond acceptors (Lipinski definition) is 4. The lowest BCUT2D eigenvalue weighted by Gasteiger charge is -1.92. The molecule has 0 saturated carbocycles. The molecular formula is C7H7N3OS. The Labute approximate surface area is 72.8 Å². The largest absolute Gasteiger partial charge is 0.411 e. The molecule has 0 atom stereocenters. The molecule has 4 nitrogen and oxygen atoms in total. The lowest BCUT2D eigenvalue weighted by Crippen LogP contribution is -1.97. The maximum atomic E-state index is 8.55. The zero-order valence-electron chi connectivity index (χ0n) is 6.43. The van der Waals surface area contributed by atoms with Crippen LogP contribution in [-0.4, -0.2) is 20.3 Å². The number of aromatic nitrogens is 2. The van der Waals surface area contributed by atoms with Crippen molar-refractivity contribution in [1.82, 2.24) is 9.38 Å². The summed E-state index contributed by atoms with van der Waals surface area (Å²) in [6, 6.07) is 0. The fourth-order valence-electron chi connectivity index (χ4n) is 1.05. The predicted molar refractivity (Wildman–Crippen MR) is 47.1 cm³/mol. The second-order valence-corrected chi connectivity index (χ2v) is 3.26. The summed E-state index contributed by atoms with van der Waals surface area (Å²) in [5.74, 6) is 0. The van der Waals surface area contributed by atoms with E-state index >= 15 is 0 Å². The van der Waals surface area contributed by atoms with Gasteiger partial charge in [-0.25, -0.2) is 4.98 Å². The van der Waals surface area contributed by atoms with Gasteiger partial charge in [-0.3, -0.25) is 4.40 Å². The van der Waals surface area contributed by atoms with E-state index in [1.54, 1.807) is 24.5 Å². The Morgan fingerprint density at radius 2 is 2.58 bits per heavy atom. The molecule has 62 valence electrons. The van der Waals surface area contributed by atoms with Gasteiger partial charge in [0.1, 0.15) is 5.71 Å². The average Bonchev–Trinajstić information content (AvgIpc) is 2.62. The quantitative estimate of drug-likeness (QED) is 0.412. The monoisotopic (exact) mass is 181 g/mol. The SMILES string of the molecule is CC(=NO)c1cnc2sccn12. The molecule has 2 rings (SSSR count). The van der Waals surface area contributed by atoms with E-state index in [-0.39, 0.29) is 0 Å². The maximum absolute atomic E-state index is 8.55. The van der Waals surface area contributed by atoms with Gasteiger partial charge in [0.15, 0.2) is 4.96 Å². The van der Waals surface area contributed by atoms with Gasteiger partial charge in [0.05, 0.1) is 11.9 Å². The smallest absolute Gasteiger partial charge is 0.194 e. The van der Waals surface area contributed by atoms with Crippen molar-refractivity contribution in [2.24, 2.45) is 5.16 Å². The average molecular weight is 181 g/mol. The summed E-state index contributed by atoms with van der Waals surface area (Å²) < 4.78 is 1.89. The summed E-state index contributed by atoms with van der Waals surface area (Å²) in [5.41, 5.74) is 1.40. The van der Waals surface area contributed by atoms with E-state index in [9.17, 15) is 0 Å². The Bertz CT molecular complexity index is 428. The molecule has 0 saturated heterocycles. The summed E-state index contributed by atoms with van der Waals surface area (Å²) in [6.45, 7) is 1.74. The molecule has 0 fully saturated rings. The minimum Gasteiger partial charge on any atom is -0.411 e. The van der Waals surface area contributed by atoms with Crippen molar-refractivity contribution in [2.45, 2.75) is 6.92 Å². The maximum Gasteiger partial charge on any atom is 0.194 e. The fraction of sp³-hybridized carbons (Fsp3) is 0.143. The third-order valence-electron chi connectivity index (χ3n) is 1.67. The summed E-state index contributed by atoms with van der Waals surface area (Å²) in [5, 5.41) is 13.6. The van der Waals surface area contributed by atoms with Crippen LogP contribution in [-0.2, 0) is 0 Å². The third-order valence-corrected chi connectivity index (χ3v) is 2.44. The van der Waals surface area contributed by atoms with Gasteiger partial charge in [-0.05, 0) is 6.92 Å². The summed E-state index contributed by atoms with van der Waals surface area (Å²) >= 11 is 1.55. The predicted octanol–water partition coefficient (Wildman–Crippen LogP) is 1.59. The molecule has 2 aromatic heterocycles. The molecule has 2 heterocycles. The number of hydrogen-bond donors (Lipinski definition) is 1. The Morgan fingerprint density at radius 1 is 1.75 bits per heavy atom. The zero-order valence-corrected chi connectivity index (χ0v) is 7.25. The summed E-state index contributed by atoms with van der Waals surface area (Å²) in [6.07, 6.45) is 3.60. The van der Waals surface area contributed by atoms with Crippen molar-refractivity contribution >= 4 is 22.0 Å². The molecule has 0 unspecified atom stereocenters. The highest BCUT2D eigenvalue weighted by molar-refractivity contribution is 7.15. The van der Waals surface area contributed by atoms with E-state index in [0.29, 0.717) is 5.71 Å². The first-order valence-electron chi connectivity index (χ1n) is 3.42. The molecule has 1 N–H and O–H groups in total. The Morgan fingerprint density at radius 3 is 3.33 bits per heavy atom. The summed E-state index contributed by atoms with van der Waals surface area (Å²) in [4.78, 5) is 5.05. The normalized spacial score (nSPS) is 12.6. The van der Waals surface area contributed by atoms with Gasteiger partial charge in [0.25, 0.3) is 0 Å². The van der Waals surface area contributed by atoms with Gasteiger partial charge in [-0.15, -0.1) is 11.3 Å². The van der Waals surface area contributed by atoms with Crippen molar-refractivity contribution in [3.8, 4) is 0 Å². The van der Waals surface area contributed by atoms with Crippen LogP contribution in [0.4, 0.5) is 0 Å². The van der Waals surface area contributed by atoms with Crippen molar-refractivity contribution in [3.63, 3.8) is 0 Å². The number of oxime groups is 1. The van der Waals surface area contributed by atoms with Gasteiger partial charge in [-0.2, -0.15) is 0 Å². The molecule has 0 spiro atoms. The van der Waals surface area contributed by atoms with Crippen LogP contribution in [0.3, 0.4) is 0 Å². The van der Waals surface area contributed by atoms with Crippen LogP contribution in [0.25, 0.3) is 4.96 Å². The lowest BCUT2D eigenvalue weighted by atomic mass is 10.3. The molecular weight excluding hydrogens is 174 g/mol. The van der Waals surface area contributed by atoms with Crippen LogP contribution in [0.15, 0.2) is 22.9 Å². The van der Waals surface area contributed by atoms with Crippen LogP contribution in [0.1, 0.15) is 12.6 Å². The second kappa shape index (κ2) is 2.60. The molecule has 0 aromatic carbocycles. The molecule has 0 radical (unpaired) electrons. The van der Waals surface area contributed by atoms with Crippen LogP contribution >= 0.6 is 11.3 Å². The van der Waals surface area contributed by atoms with Crippen molar-refractivity contribution in [1.29, 1.82) is 0 Å². The molecule has 0 bridgehead atoms. The highest BCUT2D eigenvalue weighted by atomic mass is 32.1. The molecule has 0 aliphatic heterocycles. The molecule has 12 heavy (non-hydrogen) atoms. The van der Waals surface area contributed by atoms with Gasteiger partial charge in [0, 0.05) is 11.6 Å². The molecule has 5 heteroatoms. The minimum atomic E-state index is 0.570. The van der Waals surface area contributed by atoms with Crippen LogP contribution in [0, 0.1) is 0 Å². The van der Waals surface area contributed by atoms with Crippen LogP contribution in [0.2, 0.25) is 0 Å². The number of thiazole rings is 1. The molecule has 0 aliphatic carbocycles. The van der Waals surface area contributed by atoms with E-state index in [1.165, 1.54) is 0 Å². The Hall–Kier alpha value is -1.36. The standard InChI is InChI=1S/C7H7N3OS/c1-5(9-11)6-4-8-7-10(6)2-3-12-7/h2-4,11H,1H3. The van der Waals surface area contributed by atoms with Gasteiger partial charge >= 0.3 is 0 Å². The van der Waals surface area contributed by atoms with Crippen LogP contribution in [0.5, 0.6) is 0 Å². The van der Waals surface area contributed by atoms with E-state index in [0.717, 1.165) is 10.7 Å². The Balaban J connectivity index is 2.69. The first kappa shape index (κ1) is 7.30. The van der Waals surface area contributed by atoms with E-state index in [2.05, 4.69) is 10.1 Å². The van der Waals surface area contributed by atoms with Gasteiger partial charge in [-0.1, -0.05) is 5.16 Å². The number of rotatable bonds is 1. The number of fused-ring (bicyclic) bond motifs is 1. The first-order valence-corrected chi connectivity index (χ1v) is 4.30. The molecule has 0 aliphatic rings. The van der Waals surface area contributed by atoms with Gasteiger partial charge in [0.2, 0.25) is 0 Å². The molecule has 2 aromatic rings. The van der Waals surface area contributed by atoms with E-state index < -0.39 is 0 Å². The highest BCUT2D eigenvalue weighted by Gasteiger charge is 2.06. The number of nitrogens with zero attached hydrogens (tertiary/aromatic N) is 3. The third kappa shape index (κ3) is 0.902. The number of imidazole rings is 1. The van der Waals surface area contributed by atoms with Crippen LogP contribution < -0.4 is 0 Å². The lowest BCUT2D eigenvalue weighted by molar-refractivity contribution is 0.319. The highest BCUT2D eigenvalue weighted by Crippen LogP contribution is 2.12. The summed E-state index contributed by atoms with van der Waals surface area (Å²) in [7, 11) is 0. The van der Waals surface area contributed by atoms with Crippen molar-refractivity contribution in [2.75, 3.05) is 0 Å². The second-order valence-electron chi connectivity index (χ2n) is 2.38. The van der Waals surface area contributed by atoms with E-state index in [1.807, 2.05) is 16.0 Å². The first-order chi connectivity index (χ1) is 5.83. The Kier molecular flexibility index (Phi) is 1.58.